The molecule has 0 saturated carbocycles. The first-order valence-corrected chi connectivity index (χ1v) is 10.3. The summed E-state index contributed by atoms with van der Waals surface area (Å²) in [6.07, 6.45) is 4.08. The SMILES string of the molecule is C=CCOCC(CC)(COCC=C)COCS(=O)(=O)c1ccc(C)cc1. The maximum Gasteiger partial charge on any atom is 0.202 e. The minimum atomic E-state index is -3.49. The normalized spacial score (nSPS) is 12.1. The largest absolute Gasteiger partial charge is 0.377 e. The Hall–Kier alpha value is -1.47. The Morgan fingerprint density at radius 2 is 1.46 bits per heavy atom. The molecule has 0 saturated heterocycles. The number of rotatable bonds is 14. The van der Waals surface area contributed by atoms with E-state index in [9.17, 15) is 8.42 Å². The van der Waals surface area contributed by atoms with Gasteiger partial charge in [0.05, 0.1) is 37.9 Å². The number of benzene rings is 1. The number of aryl methyl sites for hydroxylation is 1. The van der Waals surface area contributed by atoms with Crippen LogP contribution in [0.25, 0.3) is 0 Å². The molecule has 0 unspecified atom stereocenters. The molecule has 0 bridgehead atoms. The lowest BCUT2D eigenvalue weighted by molar-refractivity contribution is -0.0561. The van der Waals surface area contributed by atoms with Gasteiger partial charge in [-0.05, 0) is 25.5 Å². The fourth-order valence-corrected chi connectivity index (χ4v) is 3.32. The molecule has 0 fully saturated rings. The van der Waals surface area contributed by atoms with E-state index < -0.39 is 15.3 Å². The van der Waals surface area contributed by atoms with Crippen molar-refractivity contribution >= 4 is 9.84 Å². The highest BCUT2D eigenvalue weighted by molar-refractivity contribution is 7.91. The summed E-state index contributed by atoms with van der Waals surface area (Å²) < 4.78 is 41.6. The van der Waals surface area contributed by atoms with Crippen molar-refractivity contribution in [2.75, 3.05) is 39.0 Å². The van der Waals surface area contributed by atoms with Gasteiger partial charge >= 0.3 is 0 Å². The highest BCUT2D eigenvalue weighted by atomic mass is 32.2. The topological polar surface area (TPSA) is 61.8 Å². The monoisotopic (exact) mass is 382 g/mol. The van der Waals surface area contributed by atoms with E-state index in [4.69, 9.17) is 14.2 Å². The number of sulfone groups is 1. The molecule has 0 aliphatic heterocycles. The molecule has 0 amide bonds. The van der Waals surface area contributed by atoms with Crippen molar-refractivity contribution in [3.05, 3.63) is 55.1 Å². The van der Waals surface area contributed by atoms with Crippen LogP contribution in [-0.2, 0) is 24.0 Å². The molecule has 1 aromatic rings. The lowest BCUT2D eigenvalue weighted by Crippen LogP contribution is -2.37. The van der Waals surface area contributed by atoms with E-state index in [0.717, 1.165) is 12.0 Å². The Bertz CT molecular complexity index is 635. The van der Waals surface area contributed by atoms with Gasteiger partial charge < -0.3 is 14.2 Å². The molecule has 146 valence electrons. The second-order valence-corrected chi connectivity index (χ2v) is 8.29. The first kappa shape index (κ1) is 22.6. The number of hydrogen-bond donors (Lipinski definition) is 0. The highest BCUT2D eigenvalue weighted by Gasteiger charge is 2.30. The summed E-state index contributed by atoms with van der Waals surface area (Å²) in [6, 6.07) is 6.74. The number of ether oxygens (including phenoxy) is 3. The summed E-state index contributed by atoms with van der Waals surface area (Å²) in [7, 11) is -3.49. The van der Waals surface area contributed by atoms with Crippen LogP contribution in [0.3, 0.4) is 0 Å². The van der Waals surface area contributed by atoms with Gasteiger partial charge in [-0.1, -0.05) is 36.8 Å². The molecule has 0 radical (unpaired) electrons. The average Bonchev–Trinajstić information content (AvgIpc) is 2.62. The predicted octanol–water partition coefficient (Wildman–Crippen LogP) is 3.54. The third kappa shape index (κ3) is 7.41. The molecule has 0 atom stereocenters. The van der Waals surface area contributed by atoms with Gasteiger partial charge in [0, 0.05) is 5.41 Å². The lowest BCUT2D eigenvalue weighted by Gasteiger charge is -2.31. The van der Waals surface area contributed by atoms with Crippen LogP contribution in [0.4, 0.5) is 0 Å². The van der Waals surface area contributed by atoms with E-state index in [1.165, 1.54) is 0 Å². The van der Waals surface area contributed by atoms with Crippen molar-refractivity contribution in [1.82, 2.24) is 0 Å². The quantitative estimate of drug-likeness (QED) is 0.364. The van der Waals surface area contributed by atoms with Crippen molar-refractivity contribution in [3.63, 3.8) is 0 Å². The third-order valence-corrected chi connectivity index (χ3v) is 5.53. The Kier molecular flexibility index (Phi) is 9.80. The van der Waals surface area contributed by atoms with Crippen LogP contribution in [0.2, 0.25) is 0 Å². The van der Waals surface area contributed by atoms with Crippen LogP contribution >= 0.6 is 0 Å². The maximum absolute atomic E-state index is 12.4. The zero-order valence-electron chi connectivity index (χ0n) is 15.8. The molecular formula is C20H30O5S. The van der Waals surface area contributed by atoms with E-state index in [1.54, 1.807) is 36.4 Å². The Morgan fingerprint density at radius 1 is 0.962 bits per heavy atom. The Labute approximate surface area is 157 Å². The maximum atomic E-state index is 12.4. The predicted molar refractivity (Wildman–Crippen MR) is 104 cm³/mol. The van der Waals surface area contributed by atoms with Gasteiger partial charge in [-0.2, -0.15) is 0 Å². The second-order valence-electron chi connectivity index (χ2n) is 6.36. The van der Waals surface area contributed by atoms with Crippen LogP contribution in [0, 0.1) is 12.3 Å². The van der Waals surface area contributed by atoms with Crippen molar-refractivity contribution in [2.24, 2.45) is 5.41 Å². The standard InChI is InChI=1S/C20H30O5S/c1-5-12-23-14-20(7-3,15-24-13-6-2)16-25-17-26(21,22)19-10-8-18(4)9-11-19/h5-6,8-11H,1-2,7,12-17H2,3-4H3. The first-order valence-electron chi connectivity index (χ1n) is 8.63. The van der Waals surface area contributed by atoms with E-state index in [0.29, 0.717) is 26.4 Å². The molecule has 26 heavy (non-hydrogen) atoms. The molecule has 0 spiro atoms. The lowest BCUT2D eigenvalue weighted by atomic mass is 9.88. The Balaban J connectivity index is 2.72. The van der Waals surface area contributed by atoms with E-state index in [-0.39, 0.29) is 17.4 Å². The minimum absolute atomic E-state index is 0.225. The average molecular weight is 383 g/mol. The Morgan fingerprint density at radius 3 is 1.92 bits per heavy atom. The van der Waals surface area contributed by atoms with Crippen LogP contribution in [0.15, 0.2) is 54.5 Å². The molecule has 0 aliphatic carbocycles. The molecule has 5 nitrogen and oxygen atoms in total. The van der Waals surface area contributed by atoms with Crippen LogP contribution in [-0.4, -0.2) is 47.4 Å². The van der Waals surface area contributed by atoms with Crippen molar-refractivity contribution in [3.8, 4) is 0 Å². The smallest absolute Gasteiger partial charge is 0.202 e. The summed E-state index contributed by atoms with van der Waals surface area (Å²) in [5.41, 5.74) is 0.586. The highest BCUT2D eigenvalue weighted by Crippen LogP contribution is 2.25. The molecule has 1 rings (SSSR count). The molecule has 1 aromatic carbocycles. The first-order chi connectivity index (χ1) is 12.4. The van der Waals surface area contributed by atoms with E-state index in [1.807, 2.05) is 13.8 Å². The molecule has 0 heterocycles. The zero-order valence-corrected chi connectivity index (χ0v) is 16.6. The second kappa shape index (κ2) is 11.3. The van der Waals surface area contributed by atoms with Crippen LogP contribution in [0.1, 0.15) is 18.9 Å². The van der Waals surface area contributed by atoms with Gasteiger partial charge in [0.15, 0.2) is 5.94 Å². The third-order valence-electron chi connectivity index (χ3n) is 4.06. The van der Waals surface area contributed by atoms with Crippen molar-refractivity contribution in [2.45, 2.75) is 25.2 Å². The van der Waals surface area contributed by atoms with Gasteiger partial charge in [-0.25, -0.2) is 8.42 Å². The van der Waals surface area contributed by atoms with Gasteiger partial charge in [-0.3, -0.25) is 0 Å². The van der Waals surface area contributed by atoms with Crippen molar-refractivity contribution in [1.29, 1.82) is 0 Å². The van der Waals surface area contributed by atoms with E-state index in [2.05, 4.69) is 13.2 Å². The molecular weight excluding hydrogens is 352 g/mol. The fraction of sp³-hybridized carbons (Fsp3) is 0.500. The molecule has 0 aliphatic rings. The summed E-state index contributed by atoms with van der Waals surface area (Å²) in [6.45, 7) is 13.1. The van der Waals surface area contributed by atoms with Crippen LogP contribution < -0.4 is 0 Å². The zero-order chi connectivity index (χ0) is 19.5. The molecule has 0 N–H and O–H groups in total. The molecule has 0 aromatic heterocycles. The summed E-state index contributed by atoms with van der Waals surface area (Å²) in [5.74, 6) is -0.374. The summed E-state index contributed by atoms with van der Waals surface area (Å²) in [5, 5.41) is 0. The van der Waals surface area contributed by atoms with Gasteiger partial charge in [-0.15, -0.1) is 13.2 Å². The van der Waals surface area contributed by atoms with Gasteiger partial charge in [0.2, 0.25) is 9.84 Å². The van der Waals surface area contributed by atoms with Crippen LogP contribution in [0.5, 0.6) is 0 Å². The van der Waals surface area contributed by atoms with Gasteiger partial charge in [0.1, 0.15) is 0 Å². The number of hydrogen-bond acceptors (Lipinski definition) is 5. The minimum Gasteiger partial charge on any atom is -0.377 e. The summed E-state index contributed by atoms with van der Waals surface area (Å²) >= 11 is 0. The van der Waals surface area contributed by atoms with E-state index >= 15 is 0 Å². The summed E-state index contributed by atoms with van der Waals surface area (Å²) in [4.78, 5) is 0.260. The fourth-order valence-electron chi connectivity index (χ4n) is 2.33. The van der Waals surface area contributed by atoms with Gasteiger partial charge in [0.25, 0.3) is 0 Å². The van der Waals surface area contributed by atoms with Crippen molar-refractivity contribution < 1.29 is 22.6 Å². The molecule has 6 heteroatoms.